The highest BCUT2D eigenvalue weighted by molar-refractivity contribution is 9.10. The van der Waals surface area contributed by atoms with Gasteiger partial charge in [0.25, 0.3) is 9.05 Å². The number of rotatable bonds is 2. The summed E-state index contributed by atoms with van der Waals surface area (Å²) >= 11 is 3.03. The molecule has 1 rings (SSSR count). The number of carbonyl (C=O) groups excluding carboxylic acids is 1. The van der Waals surface area contributed by atoms with E-state index in [1.165, 1.54) is 18.7 Å². The van der Waals surface area contributed by atoms with Gasteiger partial charge in [-0.05, 0) is 22.0 Å². The smallest absolute Gasteiger partial charge is 0.354 e. The van der Waals surface area contributed by atoms with Crippen molar-refractivity contribution in [1.29, 1.82) is 0 Å². The molecule has 0 aliphatic heterocycles. The number of methoxy groups -OCH3 is 1. The molecule has 0 N–H and O–H groups in total. The minimum Gasteiger partial charge on any atom is -0.464 e. The summed E-state index contributed by atoms with van der Waals surface area (Å²) in [4.78, 5) is 11.1. The van der Waals surface area contributed by atoms with Gasteiger partial charge in [-0.15, -0.1) is 0 Å². The van der Waals surface area contributed by atoms with E-state index in [2.05, 4.69) is 20.7 Å². The summed E-state index contributed by atoms with van der Waals surface area (Å²) in [7, 11) is 4.02. The third kappa shape index (κ3) is 2.35. The molecule has 0 spiro atoms. The quantitative estimate of drug-likeness (QED) is 0.613. The molecule has 5 nitrogen and oxygen atoms in total. The molecule has 0 aliphatic carbocycles. The molecule has 0 fully saturated rings. The Balaban J connectivity index is 3.44. The van der Waals surface area contributed by atoms with E-state index in [-0.39, 0.29) is 15.2 Å². The maximum absolute atomic E-state index is 11.2. The zero-order valence-electron chi connectivity index (χ0n) is 7.82. The van der Waals surface area contributed by atoms with Gasteiger partial charge in [0.2, 0.25) is 0 Å². The van der Waals surface area contributed by atoms with Gasteiger partial charge >= 0.3 is 5.97 Å². The number of halogens is 2. The standard InChI is InChI=1S/C7H7BrClNO4S/c1-10-4(7(11)14-2)3-5(6(10)8)15(9,12)13/h3H,1-2H3. The van der Waals surface area contributed by atoms with Crippen molar-refractivity contribution in [2.24, 2.45) is 7.05 Å². The summed E-state index contributed by atoms with van der Waals surface area (Å²) in [6.45, 7) is 0. The Morgan fingerprint density at radius 2 is 2.13 bits per heavy atom. The Morgan fingerprint density at radius 1 is 1.60 bits per heavy atom. The van der Waals surface area contributed by atoms with Crippen LogP contribution in [0, 0.1) is 0 Å². The number of carbonyl (C=O) groups is 1. The molecule has 0 saturated carbocycles. The third-order valence-corrected chi connectivity index (χ3v) is 4.34. The number of nitrogens with zero attached hydrogens (tertiary/aromatic N) is 1. The molecule has 0 aromatic carbocycles. The maximum atomic E-state index is 11.2. The van der Waals surface area contributed by atoms with Crippen LogP contribution in [0.15, 0.2) is 15.6 Å². The average Bonchev–Trinajstić information content (AvgIpc) is 2.42. The molecule has 1 aromatic heterocycles. The second-order valence-electron chi connectivity index (χ2n) is 2.67. The first kappa shape index (κ1) is 12.5. The van der Waals surface area contributed by atoms with Crippen LogP contribution in [0.2, 0.25) is 0 Å². The highest BCUT2D eigenvalue weighted by atomic mass is 79.9. The molecule has 8 heteroatoms. The minimum absolute atomic E-state index is 0.101. The number of hydrogen-bond donors (Lipinski definition) is 0. The molecular weight excluding hydrogens is 310 g/mol. The normalized spacial score (nSPS) is 11.5. The van der Waals surface area contributed by atoms with Crippen LogP contribution in [-0.2, 0) is 20.8 Å². The van der Waals surface area contributed by atoms with E-state index in [9.17, 15) is 13.2 Å². The van der Waals surface area contributed by atoms with E-state index in [0.29, 0.717) is 0 Å². The molecule has 0 atom stereocenters. The predicted octanol–water partition coefficient (Wildman–Crippen LogP) is 1.50. The van der Waals surface area contributed by atoms with E-state index >= 15 is 0 Å². The Kier molecular flexibility index (Phi) is 3.47. The van der Waals surface area contributed by atoms with Crippen LogP contribution in [0.25, 0.3) is 0 Å². The lowest BCUT2D eigenvalue weighted by Gasteiger charge is -2.00. The molecule has 0 unspecified atom stereocenters. The Bertz CT molecular complexity index is 507. The fraction of sp³-hybridized carbons (Fsp3) is 0.286. The number of hydrogen-bond acceptors (Lipinski definition) is 4. The van der Waals surface area contributed by atoms with E-state index in [4.69, 9.17) is 10.7 Å². The van der Waals surface area contributed by atoms with Crippen molar-refractivity contribution in [3.05, 3.63) is 16.4 Å². The van der Waals surface area contributed by atoms with Crippen molar-refractivity contribution >= 4 is 41.6 Å². The number of ether oxygens (including phenoxy) is 1. The monoisotopic (exact) mass is 315 g/mol. The molecule has 84 valence electrons. The number of aromatic nitrogens is 1. The first-order chi connectivity index (χ1) is 6.79. The largest absolute Gasteiger partial charge is 0.464 e. The predicted molar refractivity (Wildman–Crippen MR) is 57.5 cm³/mol. The Morgan fingerprint density at radius 3 is 2.47 bits per heavy atom. The SMILES string of the molecule is COC(=O)c1cc(S(=O)(=O)Cl)c(Br)n1C. The summed E-state index contributed by atoms with van der Waals surface area (Å²) < 4.78 is 28.2. The number of esters is 1. The van der Waals surface area contributed by atoms with E-state index < -0.39 is 15.0 Å². The van der Waals surface area contributed by atoms with Gasteiger partial charge < -0.3 is 9.30 Å². The van der Waals surface area contributed by atoms with Crippen LogP contribution >= 0.6 is 26.6 Å². The molecule has 1 heterocycles. The molecule has 15 heavy (non-hydrogen) atoms. The fourth-order valence-electron chi connectivity index (χ4n) is 1.02. The van der Waals surface area contributed by atoms with Gasteiger partial charge in [0.1, 0.15) is 15.2 Å². The summed E-state index contributed by atoms with van der Waals surface area (Å²) in [5, 5.41) is 0. The van der Waals surface area contributed by atoms with Crippen molar-refractivity contribution in [3.8, 4) is 0 Å². The zero-order valence-corrected chi connectivity index (χ0v) is 11.0. The van der Waals surface area contributed by atoms with Crippen LogP contribution < -0.4 is 0 Å². The highest BCUT2D eigenvalue weighted by Gasteiger charge is 2.23. The summed E-state index contributed by atoms with van der Waals surface area (Å²) in [6.07, 6.45) is 0. The van der Waals surface area contributed by atoms with Gasteiger partial charge in [-0.3, -0.25) is 0 Å². The molecular formula is C7H7BrClNO4S. The molecule has 0 amide bonds. The van der Waals surface area contributed by atoms with Crippen LogP contribution in [0.1, 0.15) is 10.5 Å². The second kappa shape index (κ2) is 4.15. The van der Waals surface area contributed by atoms with Gasteiger partial charge in [0.15, 0.2) is 0 Å². The van der Waals surface area contributed by atoms with Crippen LogP contribution in [0.5, 0.6) is 0 Å². The first-order valence-corrected chi connectivity index (χ1v) is 6.77. The van der Waals surface area contributed by atoms with Crippen LogP contribution in [-0.4, -0.2) is 26.1 Å². The molecule has 1 aromatic rings. The maximum Gasteiger partial charge on any atom is 0.354 e. The molecule has 0 bridgehead atoms. The van der Waals surface area contributed by atoms with Crippen molar-refractivity contribution < 1.29 is 17.9 Å². The first-order valence-electron chi connectivity index (χ1n) is 3.67. The lowest BCUT2D eigenvalue weighted by molar-refractivity contribution is 0.0589. The minimum atomic E-state index is -3.88. The lowest BCUT2D eigenvalue weighted by atomic mass is 10.4. The average molecular weight is 317 g/mol. The third-order valence-electron chi connectivity index (χ3n) is 1.78. The van der Waals surface area contributed by atoms with Gasteiger partial charge in [-0.2, -0.15) is 0 Å². The highest BCUT2D eigenvalue weighted by Crippen LogP contribution is 2.28. The molecule has 0 radical (unpaired) electrons. The second-order valence-corrected chi connectivity index (χ2v) is 5.96. The Labute approximate surface area is 99.5 Å². The zero-order chi connectivity index (χ0) is 11.8. The van der Waals surface area contributed by atoms with Crippen LogP contribution in [0.3, 0.4) is 0 Å². The van der Waals surface area contributed by atoms with Crippen molar-refractivity contribution in [1.82, 2.24) is 4.57 Å². The van der Waals surface area contributed by atoms with Crippen molar-refractivity contribution in [2.45, 2.75) is 4.90 Å². The molecule has 0 aliphatic rings. The summed E-state index contributed by atoms with van der Waals surface area (Å²) in [5.41, 5.74) is 0.101. The van der Waals surface area contributed by atoms with E-state index in [1.807, 2.05) is 0 Å². The van der Waals surface area contributed by atoms with Gasteiger partial charge in [0.05, 0.1) is 7.11 Å². The Hall–Kier alpha value is -0.530. The summed E-state index contributed by atoms with van der Waals surface area (Å²) in [6, 6.07) is 1.15. The van der Waals surface area contributed by atoms with Gasteiger partial charge in [-0.25, -0.2) is 13.2 Å². The van der Waals surface area contributed by atoms with Gasteiger partial charge in [0, 0.05) is 17.7 Å². The lowest BCUT2D eigenvalue weighted by Crippen LogP contribution is -2.07. The molecule has 0 saturated heterocycles. The summed E-state index contributed by atoms with van der Waals surface area (Å²) in [5.74, 6) is -0.634. The van der Waals surface area contributed by atoms with E-state index in [1.54, 1.807) is 0 Å². The van der Waals surface area contributed by atoms with Crippen LogP contribution in [0.4, 0.5) is 0 Å². The van der Waals surface area contributed by atoms with Gasteiger partial charge in [-0.1, -0.05) is 0 Å². The fourth-order valence-corrected chi connectivity index (χ4v) is 3.19. The van der Waals surface area contributed by atoms with Crippen molar-refractivity contribution in [2.75, 3.05) is 7.11 Å². The topological polar surface area (TPSA) is 65.4 Å². The van der Waals surface area contributed by atoms with Crippen molar-refractivity contribution in [3.63, 3.8) is 0 Å². The van der Waals surface area contributed by atoms with E-state index in [0.717, 1.165) is 6.07 Å².